The Bertz CT molecular complexity index is 68.9. The molecule has 0 bridgehead atoms. The highest BCUT2D eigenvalue weighted by Gasteiger charge is 1.85. The second-order valence-electron chi connectivity index (χ2n) is 1.79. The summed E-state index contributed by atoms with van der Waals surface area (Å²) in [6, 6.07) is 0.301. The molecule has 1 atom stereocenters. The Hall–Kier alpha value is -0.340. The lowest BCUT2D eigenvalue weighted by Gasteiger charge is -2.00. The predicted octanol–water partition coefficient (Wildman–Crippen LogP) is 0.804. The van der Waals surface area contributed by atoms with Gasteiger partial charge in [0.25, 0.3) is 0 Å². The lowest BCUT2D eigenvalue weighted by atomic mass is 10.3. The summed E-state index contributed by atoms with van der Waals surface area (Å²) in [7, 11) is 0. The maximum atomic E-state index is 5.11. The minimum Gasteiger partial charge on any atom is -0.271 e. The van der Waals surface area contributed by atoms with E-state index in [2.05, 4.69) is 18.4 Å². The molecule has 0 heterocycles. The van der Waals surface area contributed by atoms with Crippen LogP contribution in [0.2, 0.25) is 0 Å². The van der Waals surface area contributed by atoms with E-state index in [-0.39, 0.29) is 0 Å². The van der Waals surface area contributed by atoms with Gasteiger partial charge in [-0.15, -0.1) is 0 Å². The number of hydrazine groups is 1. The summed E-state index contributed by atoms with van der Waals surface area (Å²) < 4.78 is 0. The average Bonchev–Trinajstić information content (AvgIpc) is 1.83. The van der Waals surface area contributed by atoms with Gasteiger partial charge in [0, 0.05) is 6.04 Å². The highest BCUT2D eigenvalue weighted by molar-refractivity contribution is 4.88. The number of allylic oxidation sites excluding steroid dienone is 1. The topological polar surface area (TPSA) is 38.0 Å². The maximum Gasteiger partial charge on any atom is 0.0362 e. The largest absolute Gasteiger partial charge is 0.271 e. The molecule has 0 aliphatic heterocycles. The molecule has 0 rings (SSSR count). The van der Waals surface area contributed by atoms with E-state index in [1.54, 1.807) is 0 Å². The molecule has 0 amide bonds. The number of rotatable bonds is 3. The lowest BCUT2D eigenvalue weighted by Crippen LogP contribution is -2.30. The standard InChI is InChI=1S/C6H14N2/c1-3-4-5-6(2)8-7/h4-6,8H,3,7H2,1-2H3. The van der Waals surface area contributed by atoms with Gasteiger partial charge in [-0.25, -0.2) is 0 Å². The van der Waals surface area contributed by atoms with Crippen LogP contribution in [-0.4, -0.2) is 6.04 Å². The Morgan fingerprint density at radius 3 is 2.75 bits per heavy atom. The average molecular weight is 114 g/mol. The van der Waals surface area contributed by atoms with E-state index < -0.39 is 0 Å². The van der Waals surface area contributed by atoms with Crippen LogP contribution in [0.4, 0.5) is 0 Å². The zero-order valence-electron chi connectivity index (χ0n) is 5.52. The predicted molar refractivity (Wildman–Crippen MR) is 36.2 cm³/mol. The highest BCUT2D eigenvalue weighted by Crippen LogP contribution is 1.83. The molecule has 0 saturated carbocycles. The first kappa shape index (κ1) is 7.66. The normalized spacial score (nSPS) is 14.9. The van der Waals surface area contributed by atoms with Crippen LogP contribution in [-0.2, 0) is 0 Å². The van der Waals surface area contributed by atoms with Gasteiger partial charge in [-0.3, -0.25) is 11.3 Å². The molecule has 2 nitrogen and oxygen atoms in total. The molecule has 0 fully saturated rings. The zero-order chi connectivity index (χ0) is 6.41. The zero-order valence-corrected chi connectivity index (χ0v) is 5.52. The van der Waals surface area contributed by atoms with Crippen molar-refractivity contribution in [3.05, 3.63) is 12.2 Å². The monoisotopic (exact) mass is 114 g/mol. The van der Waals surface area contributed by atoms with Crippen LogP contribution in [0.15, 0.2) is 12.2 Å². The van der Waals surface area contributed by atoms with E-state index in [4.69, 9.17) is 5.84 Å². The molecule has 8 heavy (non-hydrogen) atoms. The molecular formula is C6H14N2. The van der Waals surface area contributed by atoms with Crippen molar-refractivity contribution >= 4 is 0 Å². The van der Waals surface area contributed by atoms with Crippen molar-refractivity contribution in [3.8, 4) is 0 Å². The first-order chi connectivity index (χ1) is 3.81. The molecule has 0 aromatic carbocycles. The van der Waals surface area contributed by atoms with Gasteiger partial charge in [-0.1, -0.05) is 19.1 Å². The summed E-state index contributed by atoms with van der Waals surface area (Å²) in [6.07, 6.45) is 5.20. The minimum absolute atomic E-state index is 0.301. The van der Waals surface area contributed by atoms with E-state index >= 15 is 0 Å². The summed E-state index contributed by atoms with van der Waals surface area (Å²) in [5, 5.41) is 0. The fourth-order valence-corrected chi connectivity index (χ4v) is 0.396. The van der Waals surface area contributed by atoms with Gasteiger partial charge >= 0.3 is 0 Å². The Balaban J connectivity index is 3.21. The van der Waals surface area contributed by atoms with E-state index in [0.29, 0.717) is 6.04 Å². The molecule has 1 unspecified atom stereocenters. The first-order valence-electron chi connectivity index (χ1n) is 2.94. The molecule has 0 aromatic heterocycles. The maximum absolute atomic E-state index is 5.11. The van der Waals surface area contributed by atoms with E-state index in [1.165, 1.54) is 0 Å². The molecule has 2 heteroatoms. The van der Waals surface area contributed by atoms with Crippen molar-refractivity contribution in [2.24, 2.45) is 5.84 Å². The van der Waals surface area contributed by atoms with Crippen LogP contribution >= 0.6 is 0 Å². The smallest absolute Gasteiger partial charge is 0.0362 e. The number of nitrogens with two attached hydrogens (primary N) is 1. The third-order valence-electron chi connectivity index (χ3n) is 0.923. The summed E-state index contributed by atoms with van der Waals surface area (Å²) in [4.78, 5) is 0. The Morgan fingerprint density at radius 1 is 1.75 bits per heavy atom. The van der Waals surface area contributed by atoms with E-state index in [1.807, 2.05) is 13.0 Å². The fraction of sp³-hybridized carbons (Fsp3) is 0.667. The highest BCUT2D eigenvalue weighted by atomic mass is 15.2. The molecule has 48 valence electrons. The summed E-state index contributed by atoms with van der Waals surface area (Å²) in [5.74, 6) is 5.11. The van der Waals surface area contributed by atoms with Gasteiger partial charge in [0.2, 0.25) is 0 Å². The number of hydrogen-bond donors (Lipinski definition) is 2. The second-order valence-corrected chi connectivity index (χ2v) is 1.79. The van der Waals surface area contributed by atoms with E-state index in [0.717, 1.165) is 6.42 Å². The van der Waals surface area contributed by atoms with Crippen molar-refractivity contribution in [1.29, 1.82) is 0 Å². The van der Waals surface area contributed by atoms with Gasteiger partial charge in [-0.2, -0.15) is 0 Å². The van der Waals surface area contributed by atoms with Crippen molar-refractivity contribution < 1.29 is 0 Å². The third-order valence-corrected chi connectivity index (χ3v) is 0.923. The minimum atomic E-state index is 0.301. The van der Waals surface area contributed by atoms with Crippen LogP contribution in [0.3, 0.4) is 0 Å². The van der Waals surface area contributed by atoms with Crippen LogP contribution in [0.25, 0.3) is 0 Å². The number of nitrogens with one attached hydrogen (secondary N) is 1. The van der Waals surface area contributed by atoms with Crippen LogP contribution < -0.4 is 11.3 Å². The summed E-state index contributed by atoms with van der Waals surface area (Å²) >= 11 is 0. The van der Waals surface area contributed by atoms with Crippen LogP contribution in [0.1, 0.15) is 20.3 Å². The molecule has 0 spiro atoms. The Kier molecular flexibility index (Phi) is 4.61. The molecule has 0 aliphatic rings. The van der Waals surface area contributed by atoms with Crippen molar-refractivity contribution in [2.45, 2.75) is 26.3 Å². The van der Waals surface area contributed by atoms with Crippen LogP contribution in [0.5, 0.6) is 0 Å². The van der Waals surface area contributed by atoms with Crippen LogP contribution in [0, 0.1) is 0 Å². The first-order valence-corrected chi connectivity index (χ1v) is 2.94. The lowest BCUT2D eigenvalue weighted by molar-refractivity contribution is 0.667. The van der Waals surface area contributed by atoms with Gasteiger partial charge in [0.05, 0.1) is 0 Å². The van der Waals surface area contributed by atoms with Gasteiger partial charge in [-0.05, 0) is 13.3 Å². The Morgan fingerprint density at radius 2 is 2.38 bits per heavy atom. The van der Waals surface area contributed by atoms with Crippen molar-refractivity contribution in [2.75, 3.05) is 0 Å². The summed E-state index contributed by atoms with van der Waals surface area (Å²) in [6.45, 7) is 4.10. The summed E-state index contributed by atoms with van der Waals surface area (Å²) in [5.41, 5.74) is 2.61. The van der Waals surface area contributed by atoms with E-state index in [9.17, 15) is 0 Å². The SMILES string of the molecule is CCC=CC(C)NN. The molecule has 3 N–H and O–H groups in total. The van der Waals surface area contributed by atoms with Crippen molar-refractivity contribution in [1.82, 2.24) is 5.43 Å². The third kappa shape index (κ3) is 3.84. The Labute approximate surface area is 50.7 Å². The molecule has 0 aliphatic carbocycles. The van der Waals surface area contributed by atoms with Gasteiger partial charge in [0.15, 0.2) is 0 Å². The number of hydrogen-bond acceptors (Lipinski definition) is 2. The molecule has 0 radical (unpaired) electrons. The molecule has 0 aromatic rings. The quantitative estimate of drug-likeness (QED) is 0.323. The van der Waals surface area contributed by atoms with Gasteiger partial charge < -0.3 is 0 Å². The molecular weight excluding hydrogens is 100 g/mol. The second kappa shape index (κ2) is 4.81. The molecule has 0 saturated heterocycles. The van der Waals surface area contributed by atoms with Crippen molar-refractivity contribution in [3.63, 3.8) is 0 Å². The van der Waals surface area contributed by atoms with Gasteiger partial charge in [0.1, 0.15) is 0 Å². The fourth-order valence-electron chi connectivity index (χ4n) is 0.396.